The second-order valence-corrected chi connectivity index (χ2v) is 8.80. The highest BCUT2D eigenvalue weighted by atomic mass is 16.6. The van der Waals surface area contributed by atoms with Crippen molar-refractivity contribution in [1.82, 2.24) is 20.0 Å². The zero-order valence-electron chi connectivity index (χ0n) is 19.9. The van der Waals surface area contributed by atoms with Gasteiger partial charge < -0.3 is 24.5 Å². The molecule has 1 saturated heterocycles. The Bertz CT molecular complexity index is 929. The van der Waals surface area contributed by atoms with E-state index in [-0.39, 0.29) is 30.1 Å². The zero-order valence-corrected chi connectivity index (χ0v) is 19.9. The summed E-state index contributed by atoms with van der Waals surface area (Å²) in [5, 5.41) is 21.0. The summed E-state index contributed by atoms with van der Waals surface area (Å²) in [7, 11) is 0. The largest absolute Gasteiger partial charge is 0.447 e. The molecule has 9 heteroatoms. The fourth-order valence-corrected chi connectivity index (χ4v) is 3.90. The van der Waals surface area contributed by atoms with Gasteiger partial charge in [-0.1, -0.05) is 18.1 Å². The van der Waals surface area contributed by atoms with Crippen LogP contribution in [0, 0.1) is 13.8 Å². The van der Waals surface area contributed by atoms with Crippen molar-refractivity contribution >= 4 is 17.8 Å². The van der Waals surface area contributed by atoms with E-state index in [1.165, 1.54) is 5.56 Å². The number of aliphatic hydroxyl groups is 1. The predicted molar refractivity (Wildman–Crippen MR) is 122 cm³/mol. The van der Waals surface area contributed by atoms with Crippen molar-refractivity contribution in [2.24, 2.45) is 0 Å². The maximum atomic E-state index is 12.3. The number of nitrogens with one attached hydrogen (secondary N) is 1. The smallest absolute Gasteiger partial charge is 0.410 e. The lowest BCUT2D eigenvalue weighted by Crippen LogP contribution is -2.54. The third-order valence-corrected chi connectivity index (χ3v) is 5.69. The van der Waals surface area contributed by atoms with Gasteiger partial charge in [-0.2, -0.15) is 0 Å². The summed E-state index contributed by atoms with van der Waals surface area (Å²) in [6.45, 7) is 14.8. The van der Waals surface area contributed by atoms with Crippen molar-refractivity contribution in [2.45, 2.75) is 72.8 Å². The number of hydrogen-bond donors (Lipinski definition) is 2. The van der Waals surface area contributed by atoms with Crippen molar-refractivity contribution < 1.29 is 19.1 Å². The van der Waals surface area contributed by atoms with Gasteiger partial charge in [0.25, 0.3) is 0 Å². The normalized spacial score (nSPS) is 18.1. The molecule has 0 saturated carbocycles. The molecule has 2 atom stereocenters. The quantitative estimate of drug-likeness (QED) is 0.661. The molecule has 2 aromatic rings. The molecule has 1 aromatic carbocycles. The number of aliphatic hydroxyl groups excluding tert-OH is 1. The van der Waals surface area contributed by atoms with Gasteiger partial charge in [0.2, 0.25) is 5.89 Å². The number of nitrogens with zero attached hydrogens (tertiary/aromatic N) is 4. The van der Waals surface area contributed by atoms with Gasteiger partial charge >= 0.3 is 12.1 Å². The highest BCUT2D eigenvalue weighted by molar-refractivity contribution is 5.68. The van der Waals surface area contributed by atoms with Gasteiger partial charge in [0.05, 0.1) is 6.10 Å². The van der Waals surface area contributed by atoms with Crippen LogP contribution in [-0.2, 0) is 11.3 Å². The molecule has 0 aliphatic carbocycles. The number of aromatic nitrogens is 2. The second kappa shape index (κ2) is 10.3. The van der Waals surface area contributed by atoms with Gasteiger partial charge in [-0.05, 0) is 63.8 Å². The summed E-state index contributed by atoms with van der Waals surface area (Å²) in [5.41, 5.74) is 4.31. The molecule has 0 radical (unpaired) electrons. The summed E-state index contributed by atoms with van der Waals surface area (Å²) >= 11 is 0. The molecule has 32 heavy (non-hydrogen) atoms. The molecule has 1 amide bonds. The van der Waals surface area contributed by atoms with Crippen molar-refractivity contribution in [3.05, 3.63) is 34.7 Å². The number of benzene rings is 1. The summed E-state index contributed by atoms with van der Waals surface area (Å²) in [4.78, 5) is 16.5. The highest BCUT2D eigenvalue weighted by Crippen LogP contribution is 2.27. The second-order valence-electron chi connectivity index (χ2n) is 8.80. The predicted octanol–water partition coefficient (Wildman–Crippen LogP) is 3.92. The van der Waals surface area contributed by atoms with Crippen molar-refractivity contribution in [3.8, 4) is 0 Å². The Kier molecular flexibility index (Phi) is 7.73. The van der Waals surface area contributed by atoms with Gasteiger partial charge in [-0.25, -0.2) is 4.79 Å². The van der Waals surface area contributed by atoms with Crippen LogP contribution in [0.2, 0.25) is 0 Å². The summed E-state index contributed by atoms with van der Waals surface area (Å²) in [6.07, 6.45) is -0.604. The van der Waals surface area contributed by atoms with Crippen LogP contribution in [-0.4, -0.2) is 63.0 Å². The lowest BCUT2D eigenvalue weighted by atomic mass is 10.0. The molecule has 0 spiro atoms. The molecule has 1 aliphatic rings. The van der Waals surface area contributed by atoms with Crippen LogP contribution in [0.15, 0.2) is 16.5 Å². The standard InChI is InChI=1S/C23H35N5O4/c1-7-20(29)21-25-26-22(32-21)24-19-11-15(4)10-18(17(19)6)13-27-8-9-28(16(5)12-27)23(30)31-14(2)3/h10-11,14,16,20,29H,7-9,12-13H2,1-6H3,(H,24,26)/t16-,20-/m0/s1. The molecule has 0 bridgehead atoms. The van der Waals surface area contributed by atoms with Crippen LogP contribution >= 0.6 is 0 Å². The number of aryl methyl sites for hydroxylation is 1. The number of amides is 1. The molecular weight excluding hydrogens is 410 g/mol. The Hall–Kier alpha value is -2.65. The number of ether oxygens (including phenoxy) is 1. The topological polar surface area (TPSA) is 104 Å². The Morgan fingerprint density at radius 2 is 2.06 bits per heavy atom. The van der Waals surface area contributed by atoms with E-state index in [4.69, 9.17) is 9.15 Å². The van der Waals surface area contributed by atoms with E-state index in [1.54, 1.807) is 0 Å². The average molecular weight is 446 g/mol. The molecular formula is C23H35N5O4. The van der Waals surface area contributed by atoms with Gasteiger partial charge in [-0.3, -0.25) is 4.90 Å². The first kappa shape index (κ1) is 24.0. The van der Waals surface area contributed by atoms with E-state index in [1.807, 2.05) is 31.7 Å². The summed E-state index contributed by atoms with van der Waals surface area (Å²) in [5.74, 6) is 0.211. The van der Waals surface area contributed by atoms with Crippen LogP contribution in [0.1, 0.15) is 62.8 Å². The Morgan fingerprint density at radius 3 is 2.72 bits per heavy atom. The number of piperazine rings is 1. The minimum Gasteiger partial charge on any atom is -0.447 e. The molecule has 1 aromatic heterocycles. The van der Waals surface area contributed by atoms with Crippen LogP contribution in [0.25, 0.3) is 0 Å². The van der Waals surface area contributed by atoms with Gasteiger partial charge in [0.15, 0.2) is 0 Å². The van der Waals surface area contributed by atoms with E-state index in [2.05, 4.69) is 47.3 Å². The Labute approximate surface area is 189 Å². The van der Waals surface area contributed by atoms with E-state index in [0.717, 1.165) is 36.4 Å². The van der Waals surface area contributed by atoms with E-state index >= 15 is 0 Å². The average Bonchev–Trinajstić information content (AvgIpc) is 3.19. The monoisotopic (exact) mass is 445 g/mol. The van der Waals surface area contributed by atoms with E-state index in [9.17, 15) is 9.90 Å². The molecule has 0 unspecified atom stereocenters. The molecule has 2 heterocycles. The minimum absolute atomic E-state index is 0.0829. The first-order valence-electron chi connectivity index (χ1n) is 11.3. The number of carbonyl (C=O) groups excluding carboxylic acids is 1. The SMILES string of the molecule is CC[C@H](O)c1nnc(Nc2cc(C)cc(CN3CCN(C(=O)OC(C)C)[C@@H](C)C3)c2C)o1. The van der Waals surface area contributed by atoms with E-state index < -0.39 is 6.10 Å². The number of carbonyl (C=O) groups is 1. The maximum Gasteiger partial charge on any atom is 0.410 e. The van der Waals surface area contributed by atoms with Crippen LogP contribution in [0.3, 0.4) is 0 Å². The molecule has 9 nitrogen and oxygen atoms in total. The lowest BCUT2D eigenvalue weighted by Gasteiger charge is -2.39. The molecule has 176 valence electrons. The third-order valence-electron chi connectivity index (χ3n) is 5.69. The van der Waals surface area contributed by atoms with Crippen LogP contribution in [0.5, 0.6) is 0 Å². The molecule has 2 N–H and O–H groups in total. The van der Waals surface area contributed by atoms with Gasteiger partial charge in [0.1, 0.15) is 6.10 Å². The van der Waals surface area contributed by atoms with E-state index in [0.29, 0.717) is 13.0 Å². The number of hydrogen-bond acceptors (Lipinski definition) is 8. The minimum atomic E-state index is -0.759. The van der Waals surface area contributed by atoms with Gasteiger partial charge in [0, 0.05) is 37.9 Å². The molecule has 3 rings (SSSR count). The number of rotatable bonds is 7. The van der Waals surface area contributed by atoms with Crippen molar-refractivity contribution in [1.29, 1.82) is 0 Å². The number of anilines is 2. The molecule has 1 aliphatic heterocycles. The van der Waals surface area contributed by atoms with Crippen LogP contribution in [0.4, 0.5) is 16.5 Å². The first-order valence-corrected chi connectivity index (χ1v) is 11.3. The third kappa shape index (κ3) is 5.77. The van der Waals surface area contributed by atoms with Crippen LogP contribution < -0.4 is 5.32 Å². The zero-order chi connectivity index (χ0) is 23.4. The highest BCUT2D eigenvalue weighted by Gasteiger charge is 2.29. The summed E-state index contributed by atoms with van der Waals surface area (Å²) in [6, 6.07) is 4.57. The Morgan fingerprint density at radius 1 is 1.31 bits per heavy atom. The summed E-state index contributed by atoms with van der Waals surface area (Å²) < 4.78 is 10.9. The fraction of sp³-hybridized carbons (Fsp3) is 0.609. The van der Waals surface area contributed by atoms with Crippen molar-refractivity contribution in [2.75, 3.05) is 25.0 Å². The molecule has 1 fully saturated rings. The maximum absolute atomic E-state index is 12.3. The lowest BCUT2D eigenvalue weighted by molar-refractivity contribution is 0.0349. The fourth-order valence-electron chi connectivity index (χ4n) is 3.90. The Balaban J connectivity index is 1.68. The first-order chi connectivity index (χ1) is 15.2. The van der Waals surface area contributed by atoms with Gasteiger partial charge in [-0.15, -0.1) is 5.10 Å². The van der Waals surface area contributed by atoms with Crippen molar-refractivity contribution in [3.63, 3.8) is 0 Å².